The minimum atomic E-state index is 0.000780. The number of hydrogen-bond donors (Lipinski definition) is 0. The van der Waals surface area contributed by atoms with Crippen molar-refractivity contribution in [2.24, 2.45) is 0 Å². The molecule has 0 bridgehead atoms. The van der Waals surface area contributed by atoms with E-state index in [1.807, 2.05) is 30.0 Å². The molecule has 1 aliphatic heterocycles. The van der Waals surface area contributed by atoms with Crippen molar-refractivity contribution >= 4 is 17.5 Å². The molecule has 4 nitrogen and oxygen atoms in total. The predicted octanol–water partition coefficient (Wildman–Crippen LogP) is 3.59. The molecule has 3 rings (SSSR count). The second kappa shape index (κ2) is 7.20. The fourth-order valence-electron chi connectivity index (χ4n) is 2.92. The zero-order chi connectivity index (χ0) is 16.2. The molecular weight excluding hydrogens is 312 g/mol. The number of furan rings is 1. The maximum Gasteiger partial charge on any atom is 0.289 e. The Labute approximate surface area is 141 Å². The zero-order valence-electron chi connectivity index (χ0n) is 13.3. The van der Waals surface area contributed by atoms with Crippen molar-refractivity contribution in [1.82, 2.24) is 9.80 Å². The van der Waals surface area contributed by atoms with Crippen molar-refractivity contribution in [1.29, 1.82) is 0 Å². The van der Waals surface area contributed by atoms with Crippen LogP contribution in [0.4, 0.5) is 0 Å². The van der Waals surface area contributed by atoms with Crippen LogP contribution in [0.5, 0.6) is 0 Å². The number of carbonyl (C=O) groups excluding carboxylic acids is 1. The third kappa shape index (κ3) is 3.95. The lowest BCUT2D eigenvalue weighted by molar-refractivity contribution is 0.0728. The Hall–Kier alpha value is -1.78. The average molecular weight is 333 g/mol. The van der Waals surface area contributed by atoms with Gasteiger partial charge in [0.05, 0.1) is 6.26 Å². The molecule has 1 fully saturated rings. The van der Waals surface area contributed by atoms with Crippen molar-refractivity contribution in [3.8, 4) is 0 Å². The molecule has 23 heavy (non-hydrogen) atoms. The average Bonchev–Trinajstić information content (AvgIpc) is 2.84. The van der Waals surface area contributed by atoms with Crippen LogP contribution >= 0.6 is 11.6 Å². The summed E-state index contributed by atoms with van der Waals surface area (Å²) in [6, 6.07) is 9.79. The van der Waals surface area contributed by atoms with Gasteiger partial charge in [-0.2, -0.15) is 0 Å². The van der Waals surface area contributed by atoms with E-state index in [1.54, 1.807) is 6.26 Å². The molecule has 0 atom stereocenters. The van der Waals surface area contributed by atoms with E-state index in [-0.39, 0.29) is 5.91 Å². The summed E-state index contributed by atoms with van der Waals surface area (Å²) in [7, 11) is 0. The van der Waals surface area contributed by atoms with Gasteiger partial charge in [-0.1, -0.05) is 23.7 Å². The molecular formula is C18H21ClN2O2. The summed E-state index contributed by atoms with van der Waals surface area (Å²) in [6.07, 6.45) is 2.55. The SMILES string of the molecule is Cc1ccoc1C(=O)N1CCCN(Cc2ccc(Cl)cc2)CC1. The largest absolute Gasteiger partial charge is 0.459 e. The molecule has 1 amide bonds. The van der Waals surface area contributed by atoms with Gasteiger partial charge in [0.1, 0.15) is 0 Å². The topological polar surface area (TPSA) is 36.7 Å². The normalized spacial score (nSPS) is 16.3. The van der Waals surface area contributed by atoms with Gasteiger partial charge in [-0.15, -0.1) is 0 Å². The Morgan fingerprint density at radius 3 is 2.61 bits per heavy atom. The Kier molecular flexibility index (Phi) is 5.03. The number of nitrogens with zero attached hydrogens (tertiary/aromatic N) is 2. The van der Waals surface area contributed by atoms with E-state index in [0.717, 1.165) is 49.7 Å². The standard InChI is InChI=1S/C18H21ClN2O2/c1-14-7-12-23-17(14)18(22)21-9-2-8-20(10-11-21)13-15-3-5-16(19)6-4-15/h3-7,12H,2,8-11,13H2,1H3. The van der Waals surface area contributed by atoms with Crippen LogP contribution in [0.25, 0.3) is 0 Å². The van der Waals surface area contributed by atoms with Crippen LogP contribution in [0.3, 0.4) is 0 Å². The van der Waals surface area contributed by atoms with Gasteiger partial charge < -0.3 is 9.32 Å². The zero-order valence-corrected chi connectivity index (χ0v) is 14.1. The monoisotopic (exact) mass is 332 g/mol. The number of hydrogen-bond acceptors (Lipinski definition) is 3. The number of aryl methyl sites for hydroxylation is 1. The summed E-state index contributed by atoms with van der Waals surface area (Å²) in [5, 5.41) is 0.759. The highest BCUT2D eigenvalue weighted by molar-refractivity contribution is 6.30. The molecule has 1 aromatic heterocycles. The summed E-state index contributed by atoms with van der Waals surface area (Å²) in [4.78, 5) is 16.8. The Bertz CT molecular complexity index is 666. The highest BCUT2D eigenvalue weighted by Crippen LogP contribution is 2.16. The number of rotatable bonds is 3. The van der Waals surface area contributed by atoms with Crippen molar-refractivity contribution < 1.29 is 9.21 Å². The van der Waals surface area contributed by atoms with E-state index in [4.69, 9.17) is 16.0 Å². The smallest absolute Gasteiger partial charge is 0.289 e. The van der Waals surface area contributed by atoms with Gasteiger partial charge in [0.15, 0.2) is 5.76 Å². The molecule has 1 aromatic carbocycles. The highest BCUT2D eigenvalue weighted by atomic mass is 35.5. The van der Waals surface area contributed by atoms with E-state index in [2.05, 4.69) is 17.0 Å². The van der Waals surface area contributed by atoms with Crippen LogP contribution in [0.2, 0.25) is 5.02 Å². The van der Waals surface area contributed by atoms with Crippen LogP contribution in [-0.4, -0.2) is 41.9 Å². The Morgan fingerprint density at radius 1 is 1.13 bits per heavy atom. The number of amides is 1. The first-order valence-corrected chi connectivity index (χ1v) is 8.31. The van der Waals surface area contributed by atoms with Gasteiger partial charge >= 0.3 is 0 Å². The van der Waals surface area contributed by atoms with Gasteiger partial charge in [-0.25, -0.2) is 0 Å². The van der Waals surface area contributed by atoms with Gasteiger partial charge in [-0.05, 0) is 37.1 Å². The summed E-state index contributed by atoms with van der Waals surface area (Å²) >= 11 is 5.93. The summed E-state index contributed by atoms with van der Waals surface area (Å²) in [5.74, 6) is 0.469. The Morgan fingerprint density at radius 2 is 1.91 bits per heavy atom. The second-order valence-corrected chi connectivity index (χ2v) is 6.42. The summed E-state index contributed by atoms with van der Waals surface area (Å²) in [6.45, 7) is 6.15. The van der Waals surface area contributed by atoms with Gasteiger partial charge in [-0.3, -0.25) is 9.69 Å². The molecule has 122 valence electrons. The minimum Gasteiger partial charge on any atom is -0.459 e. The minimum absolute atomic E-state index is 0.000780. The van der Waals surface area contributed by atoms with Crippen molar-refractivity contribution in [3.63, 3.8) is 0 Å². The van der Waals surface area contributed by atoms with Crippen LogP contribution in [0.15, 0.2) is 41.0 Å². The van der Waals surface area contributed by atoms with Crippen molar-refractivity contribution in [2.45, 2.75) is 19.9 Å². The van der Waals surface area contributed by atoms with Crippen molar-refractivity contribution in [3.05, 3.63) is 58.5 Å². The third-order valence-electron chi connectivity index (χ3n) is 4.25. The summed E-state index contributed by atoms with van der Waals surface area (Å²) < 4.78 is 5.34. The van der Waals surface area contributed by atoms with Crippen LogP contribution < -0.4 is 0 Å². The first-order valence-electron chi connectivity index (χ1n) is 7.93. The number of benzene rings is 1. The quantitative estimate of drug-likeness (QED) is 0.862. The van der Waals surface area contributed by atoms with E-state index in [0.29, 0.717) is 5.76 Å². The van der Waals surface area contributed by atoms with E-state index in [1.165, 1.54) is 5.56 Å². The number of halogens is 1. The van der Waals surface area contributed by atoms with Crippen LogP contribution in [-0.2, 0) is 6.54 Å². The molecule has 0 spiro atoms. The van der Waals surface area contributed by atoms with E-state index in [9.17, 15) is 4.79 Å². The fourth-order valence-corrected chi connectivity index (χ4v) is 3.04. The molecule has 0 radical (unpaired) electrons. The van der Waals surface area contributed by atoms with Crippen molar-refractivity contribution in [2.75, 3.05) is 26.2 Å². The van der Waals surface area contributed by atoms with E-state index < -0.39 is 0 Å². The molecule has 0 aliphatic carbocycles. The van der Waals surface area contributed by atoms with Gasteiger partial charge in [0.25, 0.3) is 5.91 Å². The molecule has 1 aliphatic rings. The fraction of sp³-hybridized carbons (Fsp3) is 0.389. The third-order valence-corrected chi connectivity index (χ3v) is 4.50. The maximum absolute atomic E-state index is 12.5. The first-order chi connectivity index (χ1) is 11.1. The molecule has 2 heterocycles. The highest BCUT2D eigenvalue weighted by Gasteiger charge is 2.23. The first kappa shape index (κ1) is 16.1. The molecule has 0 N–H and O–H groups in total. The Balaban J connectivity index is 1.60. The van der Waals surface area contributed by atoms with Gasteiger partial charge in [0.2, 0.25) is 0 Å². The lowest BCUT2D eigenvalue weighted by atomic mass is 10.2. The van der Waals surface area contributed by atoms with Crippen LogP contribution in [0, 0.1) is 6.92 Å². The summed E-state index contributed by atoms with van der Waals surface area (Å²) in [5.41, 5.74) is 2.15. The molecule has 0 saturated carbocycles. The lowest BCUT2D eigenvalue weighted by Gasteiger charge is -2.21. The number of carbonyl (C=O) groups is 1. The molecule has 2 aromatic rings. The molecule has 5 heteroatoms. The molecule has 0 unspecified atom stereocenters. The predicted molar refractivity (Wildman–Crippen MR) is 90.7 cm³/mol. The lowest BCUT2D eigenvalue weighted by Crippen LogP contribution is -2.35. The maximum atomic E-state index is 12.5. The van der Waals surface area contributed by atoms with E-state index >= 15 is 0 Å². The van der Waals surface area contributed by atoms with Crippen LogP contribution in [0.1, 0.15) is 28.1 Å². The second-order valence-electron chi connectivity index (χ2n) is 5.98. The molecule has 1 saturated heterocycles. The van der Waals surface area contributed by atoms with Gasteiger partial charge in [0, 0.05) is 43.3 Å².